The number of nitrogens with one attached hydrogen (secondary N) is 2. The number of nitrogens with zero attached hydrogens (tertiary/aromatic N) is 3. The number of hydrogen-bond acceptors (Lipinski definition) is 5. The van der Waals surface area contributed by atoms with Crippen LogP contribution in [0.15, 0.2) is 52.8 Å². The van der Waals surface area contributed by atoms with E-state index in [2.05, 4.69) is 15.7 Å². The second-order valence-corrected chi connectivity index (χ2v) is 7.64. The highest BCUT2D eigenvalue weighted by atomic mass is 19.4. The van der Waals surface area contributed by atoms with Gasteiger partial charge in [-0.15, -0.1) is 0 Å². The lowest BCUT2D eigenvalue weighted by atomic mass is 9.99. The van der Waals surface area contributed by atoms with Gasteiger partial charge >= 0.3 is 12.2 Å². The summed E-state index contributed by atoms with van der Waals surface area (Å²) in [4.78, 5) is 17.6. The van der Waals surface area contributed by atoms with Gasteiger partial charge in [0.25, 0.3) is 0 Å². The summed E-state index contributed by atoms with van der Waals surface area (Å²) >= 11 is 0. The molecule has 0 aromatic heterocycles. The van der Waals surface area contributed by atoms with Crippen molar-refractivity contribution in [2.45, 2.75) is 40.0 Å². The molecule has 0 atom stereocenters. The predicted molar refractivity (Wildman–Crippen MR) is 115 cm³/mol. The summed E-state index contributed by atoms with van der Waals surface area (Å²) < 4.78 is 39.3. The maximum atomic E-state index is 13.1. The second-order valence-electron chi connectivity index (χ2n) is 7.64. The summed E-state index contributed by atoms with van der Waals surface area (Å²) in [5, 5.41) is 10.7. The Balaban J connectivity index is 2.28. The molecule has 2 aromatic rings. The Labute approximate surface area is 184 Å². The number of carbonyl (C=O) groups excluding carboxylic acids is 1. The van der Waals surface area contributed by atoms with Gasteiger partial charge in [0, 0.05) is 18.3 Å². The van der Waals surface area contributed by atoms with E-state index in [1.807, 2.05) is 26.8 Å². The lowest BCUT2D eigenvalue weighted by molar-refractivity contribution is -0.137. The van der Waals surface area contributed by atoms with Gasteiger partial charge in [-0.2, -0.15) is 23.7 Å². The first kappa shape index (κ1) is 24.8. The van der Waals surface area contributed by atoms with Crippen molar-refractivity contribution in [3.8, 4) is 0 Å². The number of amides is 2. The fraction of sp³-hybridized carbons (Fsp3) is 0.364. The van der Waals surface area contributed by atoms with Crippen molar-refractivity contribution in [2.75, 3.05) is 12.4 Å². The number of benzene rings is 2. The van der Waals surface area contributed by atoms with Crippen molar-refractivity contribution in [1.82, 2.24) is 5.01 Å². The molecular formula is C22H26F3N5O2. The van der Waals surface area contributed by atoms with E-state index in [-0.39, 0.29) is 12.5 Å². The molecule has 0 radical (unpaired) electrons. The third kappa shape index (κ3) is 6.79. The van der Waals surface area contributed by atoms with Gasteiger partial charge in [-0.25, -0.2) is 4.79 Å². The van der Waals surface area contributed by atoms with E-state index in [9.17, 15) is 18.0 Å². The van der Waals surface area contributed by atoms with Crippen LogP contribution in [0.5, 0.6) is 0 Å². The van der Waals surface area contributed by atoms with E-state index in [4.69, 9.17) is 10.4 Å². The molecule has 2 N–H and O–H groups in total. The molecular weight excluding hydrogens is 423 g/mol. The Morgan fingerprint density at radius 1 is 1.22 bits per heavy atom. The minimum atomic E-state index is -4.45. The van der Waals surface area contributed by atoms with Crippen LogP contribution in [-0.2, 0) is 17.6 Å². The largest absolute Gasteiger partial charge is 0.416 e. The molecule has 2 amide bonds. The molecule has 32 heavy (non-hydrogen) atoms. The minimum absolute atomic E-state index is 0.00935. The van der Waals surface area contributed by atoms with E-state index in [0.29, 0.717) is 28.9 Å². The molecule has 172 valence electrons. The average Bonchev–Trinajstić information content (AvgIpc) is 2.73. The van der Waals surface area contributed by atoms with Crippen LogP contribution in [0.4, 0.5) is 23.7 Å². The summed E-state index contributed by atoms with van der Waals surface area (Å²) in [6, 6.07) is 9.65. The zero-order valence-corrected chi connectivity index (χ0v) is 18.3. The molecule has 0 unspecified atom stereocenters. The van der Waals surface area contributed by atoms with E-state index < -0.39 is 17.8 Å². The van der Waals surface area contributed by atoms with Crippen LogP contribution in [-0.4, -0.2) is 23.8 Å². The van der Waals surface area contributed by atoms with Gasteiger partial charge in [-0.3, -0.25) is 0 Å². The Morgan fingerprint density at radius 3 is 2.53 bits per heavy atom. The van der Waals surface area contributed by atoms with Crippen LogP contribution in [0.2, 0.25) is 0 Å². The Bertz CT molecular complexity index is 990. The number of anilines is 1. The van der Waals surface area contributed by atoms with E-state index in [1.165, 1.54) is 13.1 Å². The van der Waals surface area contributed by atoms with Crippen LogP contribution in [0.1, 0.15) is 42.5 Å². The van der Waals surface area contributed by atoms with Crippen molar-refractivity contribution >= 4 is 17.4 Å². The smallest absolute Gasteiger partial charge is 0.391 e. The molecule has 0 aliphatic rings. The fourth-order valence-corrected chi connectivity index (χ4v) is 2.90. The molecule has 0 aliphatic heterocycles. The molecule has 0 heterocycles. The van der Waals surface area contributed by atoms with Crippen molar-refractivity contribution < 1.29 is 22.8 Å². The summed E-state index contributed by atoms with van der Waals surface area (Å²) in [6.07, 6.45) is -4.03. The van der Waals surface area contributed by atoms with Crippen molar-refractivity contribution in [3.05, 3.63) is 64.7 Å². The first-order valence-electron chi connectivity index (χ1n) is 9.90. The number of aryl methyl sites for hydroxylation is 1. The highest BCUT2D eigenvalue weighted by Crippen LogP contribution is 2.30. The third-order valence-corrected chi connectivity index (χ3v) is 4.60. The first-order valence-corrected chi connectivity index (χ1v) is 9.90. The Morgan fingerprint density at radius 2 is 1.91 bits per heavy atom. The minimum Gasteiger partial charge on any atom is -0.391 e. The number of urea groups is 1. The van der Waals surface area contributed by atoms with Gasteiger partial charge in [0.1, 0.15) is 6.61 Å². The Hall–Kier alpha value is -3.43. The molecule has 2 aromatic carbocycles. The Kier molecular flexibility index (Phi) is 8.34. The molecule has 0 bridgehead atoms. The van der Waals surface area contributed by atoms with Gasteiger partial charge in [-0.05, 0) is 48.6 Å². The monoisotopic (exact) mass is 449 g/mol. The first-order chi connectivity index (χ1) is 15.0. The zero-order valence-electron chi connectivity index (χ0n) is 18.3. The van der Waals surface area contributed by atoms with Crippen LogP contribution in [0.25, 0.3) is 0 Å². The van der Waals surface area contributed by atoms with Gasteiger partial charge in [0.2, 0.25) is 0 Å². The summed E-state index contributed by atoms with van der Waals surface area (Å²) in [5.41, 5.74) is 8.85. The molecule has 0 saturated heterocycles. The maximum Gasteiger partial charge on any atom is 0.416 e. The fourth-order valence-electron chi connectivity index (χ4n) is 2.90. The van der Waals surface area contributed by atoms with Gasteiger partial charge < -0.3 is 10.2 Å². The van der Waals surface area contributed by atoms with Gasteiger partial charge in [0.05, 0.1) is 11.3 Å². The highest BCUT2D eigenvalue weighted by Gasteiger charge is 2.30. The van der Waals surface area contributed by atoms with Crippen LogP contribution in [0, 0.1) is 18.4 Å². The molecule has 0 spiro atoms. The topological polar surface area (TPSA) is 90.1 Å². The van der Waals surface area contributed by atoms with Crippen molar-refractivity contribution in [3.63, 3.8) is 0 Å². The summed E-state index contributed by atoms with van der Waals surface area (Å²) in [5.74, 6) is 0.143. The quantitative estimate of drug-likeness (QED) is 0.278. The van der Waals surface area contributed by atoms with E-state index in [0.717, 1.165) is 22.7 Å². The molecule has 0 aliphatic carbocycles. The molecule has 10 heteroatoms. The normalized spacial score (nSPS) is 11.9. The third-order valence-electron chi connectivity index (χ3n) is 4.60. The molecule has 0 saturated carbocycles. The van der Waals surface area contributed by atoms with Crippen LogP contribution in [0.3, 0.4) is 0 Å². The average molecular weight is 449 g/mol. The standard InChI is InChI=1S/C22H26F3N5O2/c1-14(2)11-20(16-8-6-9-17(12-16)22(23,24)25)28-32-13-18-15(3)7-5-10-19(18)27-21(31)30(4)29-26/h5-10,12,14,26H,11,13H2,1-4H3,(H,27,31). The van der Waals surface area contributed by atoms with Gasteiger partial charge in [-0.1, -0.05) is 48.5 Å². The molecule has 2 rings (SSSR count). The van der Waals surface area contributed by atoms with Crippen molar-refractivity contribution in [1.29, 1.82) is 5.53 Å². The number of carbonyl (C=O) groups is 1. The summed E-state index contributed by atoms with van der Waals surface area (Å²) in [6.45, 7) is 5.70. The SMILES string of the molecule is Cc1cccc(NC(=O)N(C)N=N)c1CON=C(CC(C)C)c1cccc(C(F)(F)F)c1. The second kappa shape index (κ2) is 10.7. The number of halogens is 3. The number of rotatable bonds is 8. The lowest BCUT2D eigenvalue weighted by Crippen LogP contribution is -2.26. The summed E-state index contributed by atoms with van der Waals surface area (Å²) in [7, 11) is 1.34. The lowest BCUT2D eigenvalue weighted by Gasteiger charge is -2.16. The van der Waals surface area contributed by atoms with E-state index >= 15 is 0 Å². The van der Waals surface area contributed by atoms with Gasteiger partial charge in [0.15, 0.2) is 0 Å². The molecule has 7 nitrogen and oxygen atoms in total. The predicted octanol–water partition coefficient (Wildman–Crippen LogP) is 6.39. The van der Waals surface area contributed by atoms with Crippen LogP contribution < -0.4 is 5.32 Å². The number of hydrogen-bond donors (Lipinski definition) is 2. The maximum absolute atomic E-state index is 13.1. The number of alkyl halides is 3. The van der Waals surface area contributed by atoms with E-state index in [1.54, 1.807) is 18.2 Å². The zero-order chi connectivity index (χ0) is 23.9. The highest BCUT2D eigenvalue weighted by molar-refractivity contribution is 6.00. The number of oxime groups is 1. The molecule has 0 fully saturated rings. The van der Waals surface area contributed by atoms with Crippen molar-refractivity contribution in [2.24, 2.45) is 16.3 Å². The van der Waals surface area contributed by atoms with Crippen LogP contribution >= 0.6 is 0 Å².